The first-order valence-corrected chi connectivity index (χ1v) is 6.45. The molecule has 0 aliphatic rings. The van der Waals surface area contributed by atoms with Crippen LogP contribution >= 0.6 is 0 Å². The summed E-state index contributed by atoms with van der Waals surface area (Å²) in [7, 11) is 0. The molecule has 0 bridgehead atoms. The van der Waals surface area contributed by atoms with Crippen molar-refractivity contribution in [2.45, 2.75) is 13.3 Å². The van der Waals surface area contributed by atoms with Crippen molar-refractivity contribution >= 4 is 0 Å². The second kappa shape index (κ2) is 5.30. The minimum absolute atomic E-state index is 0.465. The molecule has 0 unspecified atom stereocenters. The van der Waals surface area contributed by atoms with Crippen LogP contribution in [0.25, 0.3) is 23.0 Å². The molecule has 1 aromatic carbocycles. The van der Waals surface area contributed by atoms with Crippen molar-refractivity contribution in [3.63, 3.8) is 0 Å². The molecule has 0 aliphatic carbocycles. The summed E-state index contributed by atoms with van der Waals surface area (Å²) in [5.41, 5.74) is 8.59. The van der Waals surface area contributed by atoms with E-state index < -0.39 is 0 Å². The van der Waals surface area contributed by atoms with Crippen LogP contribution in [-0.2, 0) is 6.42 Å². The maximum Gasteiger partial charge on any atom is 0.258 e. The molecule has 0 fully saturated rings. The lowest BCUT2D eigenvalue weighted by Gasteiger charge is -1.99. The minimum Gasteiger partial charge on any atom is -0.461 e. The van der Waals surface area contributed by atoms with E-state index in [-0.39, 0.29) is 0 Å². The van der Waals surface area contributed by atoms with Crippen LogP contribution in [0.4, 0.5) is 0 Å². The second-order valence-corrected chi connectivity index (χ2v) is 4.59. The highest BCUT2D eigenvalue weighted by atomic mass is 16.5. The van der Waals surface area contributed by atoms with Gasteiger partial charge in [-0.1, -0.05) is 17.3 Å². The van der Waals surface area contributed by atoms with E-state index in [0.717, 1.165) is 23.1 Å². The van der Waals surface area contributed by atoms with Crippen molar-refractivity contribution in [1.29, 1.82) is 0 Å². The van der Waals surface area contributed by atoms with Crippen molar-refractivity contribution < 1.29 is 8.94 Å². The Bertz CT molecular complexity index is 715. The Balaban J connectivity index is 1.94. The predicted octanol–water partition coefficient (Wildman–Crippen LogP) is 2.81. The van der Waals surface area contributed by atoms with Crippen LogP contribution in [0.15, 0.2) is 45.5 Å². The van der Waals surface area contributed by atoms with Crippen LogP contribution in [-0.4, -0.2) is 16.7 Å². The van der Waals surface area contributed by atoms with Gasteiger partial charge in [-0.05, 0) is 49.2 Å². The second-order valence-electron chi connectivity index (χ2n) is 4.59. The van der Waals surface area contributed by atoms with Crippen molar-refractivity contribution in [1.82, 2.24) is 10.1 Å². The standard InChI is InChI=1S/C15H15N3O2/c1-10-6-8-19-13(10)14-17-15(20-18-14)12-4-2-3-11(9-12)5-7-16/h2-4,6,8-9H,5,7,16H2,1H3. The zero-order valence-corrected chi connectivity index (χ0v) is 11.2. The van der Waals surface area contributed by atoms with E-state index >= 15 is 0 Å². The maximum atomic E-state index is 5.57. The zero-order valence-electron chi connectivity index (χ0n) is 11.2. The normalized spacial score (nSPS) is 10.9. The van der Waals surface area contributed by atoms with Gasteiger partial charge in [-0.2, -0.15) is 4.98 Å². The summed E-state index contributed by atoms with van der Waals surface area (Å²) in [6.45, 7) is 2.56. The summed E-state index contributed by atoms with van der Waals surface area (Å²) < 4.78 is 10.7. The van der Waals surface area contributed by atoms with Crippen LogP contribution in [0.3, 0.4) is 0 Å². The average molecular weight is 269 g/mol. The van der Waals surface area contributed by atoms with Gasteiger partial charge in [-0.15, -0.1) is 0 Å². The van der Waals surface area contributed by atoms with Crippen LogP contribution < -0.4 is 5.73 Å². The number of nitrogens with two attached hydrogens (primary N) is 1. The Morgan fingerprint density at radius 2 is 2.15 bits per heavy atom. The number of hydrogen-bond acceptors (Lipinski definition) is 5. The van der Waals surface area contributed by atoms with E-state index in [1.807, 2.05) is 37.3 Å². The van der Waals surface area contributed by atoms with Gasteiger partial charge in [0.2, 0.25) is 5.82 Å². The van der Waals surface area contributed by atoms with Crippen LogP contribution in [0.5, 0.6) is 0 Å². The van der Waals surface area contributed by atoms with Gasteiger partial charge < -0.3 is 14.7 Å². The third-order valence-electron chi connectivity index (χ3n) is 3.10. The van der Waals surface area contributed by atoms with Crippen molar-refractivity contribution in [2.24, 2.45) is 5.73 Å². The minimum atomic E-state index is 0.465. The molecule has 0 aliphatic heterocycles. The monoisotopic (exact) mass is 269 g/mol. The SMILES string of the molecule is Cc1ccoc1-c1noc(-c2cccc(CCN)c2)n1. The van der Waals surface area contributed by atoms with Crippen molar-refractivity contribution in [3.8, 4) is 23.0 Å². The first kappa shape index (κ1) is 12.6. The Morgan fingerprint density at radius 1 is 1.25 bits per heavy atom. The quantitative estimate of drug-likeness (QED) is 0.788. The summed E-state index contributed by atoms with van der Waals surface area (Å²) in [5, 5.41) is 3.97. The fourth-order valence-corrected chi connectivity index (χ4v) is 2.06. The van der Waals surface area contributed by atoms with Gasteiger partial charge in [0.25, 0.3) is 5.89 Å². The van der Waals surface area contributed by atoms with E-state index in [4.69, 9.17) is 14.7 Å². The van der Waals surface area contributed by atoms with Gasteiger partial charge in [0.15, 0.2) is 5.76 Å². The molecule has 20 heavy (non-hydrogen) atoms. The van der Waals surface area contributed by atoms with E-state index in [2.05, 4.69) is 10.1 Å². The Kier molecular flexibility index (Phi) is 3.35. The predicted molar refractivity (Wildman–Crippen MR) is 74.9 cm³/mol. The van der Waals surface area contributed by atoms with Gasteiger partial charge in [-0.25, -0.2) is 0 Å². The number of aryl methyl sites for hydroxylation is 1. The third-order valence-corrected chi connectivity index (χ3v) is 3.10. The number of rotatable bonds is 4. The molecule has 3 rings (SSSR count). The molecule has 2 heterocycles. The summed E-state index contributed by atoms with van der Waals surface area (Å²) in [4.78, 5) is 4.38. The van der Waals surface area contributed by atoms with E-state index in [1.54, 1.807) is 6.26 Å². The largest absolute Gasteiger partial charge is 0.461 e. The third kappa shape index (κ3) is 2.35. The van der Waals surface area contributed by atoms with E-state index in [1.165, 1.54) is 0 Å². The molecule has 0 saturated heterocycles. The molecule has 0 atom stereocenters. The molecule has 5 nitrogen and oxygen atoms in total. The molecule has 0 saturated carbocycles. The molecule has 2 aromatic heterocycles. The summed E-state index contributed by atoms with van der Waals surface area (Å²) in [6, 6.07) is 9.81. The fraction of sp³-hybridized carbons (Fsp3) is 0.200. The highest BCUT2D eigenvalue weighted by molar-refractivity contribution is 5.59. The Morgan fingerprint density at radius 3 is 2.90 bits per heavy atom. The molecule has 0 amide bonds. The molecule has 5 heteroatoms. The highest BCUT2D eigenvalue weighted by Gasteiger charge is 2.15. The molecule has 0 spiro atoms. The van der Waals surface area contributed by atoms with Crippen LogP contribution in [0.2, 0.25) is 0 Å². The number of aromatic nitrogens is 2. The molecule has 0 radical (unpaired) electrons. The number of nitrogens with zero attached hydrogens (tertiary/aromatic N) is 2. The number of benzene rings is 1. The average Bonchev–Trinajstić information content (AvgIpc) is 3.08. The first-order chi connectivity index (χ1) is 9.78. The van der Waals surface area contributed by atoms with Crippen molar-refractivity contribution in [2.75, 3.05) is 6.54 Å². The molecular weight excluding hydrogens is 254 g/mol. The first-order valence-electron chi connectivity index (χ1n) is 6.45. The summed E-state index contributed by atoms with van der Waals surface area (Å²) in [6.07, 6.45) is 2.44. The molecule has 2 N–H and O–H groups in total. The lowest BCUT2D eigenvalue weighted by atomic mass is 10.1. The lowest BCUT2D eigenvalue weighted by molar-refractivity contribution is 0.429. The highest BCUT2D eigenvalue weighted by Crippen LogP contribution is 2.25. The van der Waals surface area contributed by atoms with Gasteiger partial charge in [0.05, 0.1) is 6.26 Å². The topological polar surface area (TPSA) is 78.1 Å². The smallest absolute Gasteiger partial charge is 0.258 e. The van der Waals surface area contributed by atoms with Gasteiger partial charge in [0.1, 0.15) is 0 Å². The summed E-state index contributed by atoms with van der Waals surface area (Å²) in [5.74, 6) is 1.58. The Labute approximate surface area is 116 Å². The van der Waals surface area contributed by atoms with Gasteiger partial charge >= 0.3 is 0 Å². The Hall–Kier alpha value is -2.40. The fourth-order valence-electron chi connectivity index (χ4n) is 2.06. The number of hydrogen-bond donors (Lipinski definition) is 1. The maximum absolute atomic E-state index is 5.57. The van der Waals surface area contributed by atoms with Crippen LogP contribution in [0.1, 0.15) is 11.1 Å². The zero-order chi connectivity index (χ0) is 13.9. The summed E-state index contributed by atoms with van der Waals surface area (Å²) >= 11 is 0. The molecular formula is C15H15N3O2. The van der Waals surface area contributed by atoms with Gasteiger partial charge in [-0.3, -0.25) is 0 Å². The van der Waals surface area contributed by atoms with E-state index in [9.17, 15) is 0 Å². The van der Waals surface area contributed by atoms with Crippen LogP contribution in [0, 0.1) is 6.92 Å². The molecule has 102 valence electrons. The molecule has 3 aromatic rings. The lowest BCUT2D eigenvalue weighted by Crippen LogP contribution is -2.02. The van der Waals surface area contributed by atoms with Crippen molar-refractivity contribution in [3.05, 3.63) is 47.7 Å². The van der Waals surface area contributed by atoms with E-state index in [0.29, 0.717) is 24.0 Å². The number of furan rings is 1. The van der Waals surface area contributed by atoms with Gasteiger partial charge in [0, 0.05) is 5.56 Å².